The molecule has 0 fully saturated rings. The van der Waals surface area contributed by atoms with Gasteiger partial charge in [-0.2, -0.15) is 10.1 Å². The highest BCUT2D eigenvalue weighted by Gasteiger charge is 2.24. The molecular formula is C24H22N4O5. The number of anilines is 1. The van der Waals surface area contributed by atoms with Crippen LogP contribution in [-0.2, 0) is 11.3 Å². The van der Waals surface area contributed by atoms with Crippen LogP contribution in [-0.4, -0.2) is 48.5 Å². The predicted molar refractivity (Wildman–Crippen MR) is 122 cm³/mol. The van der Waals surface area contributed by atoms with E-state index >= 15 is 0 Å². The zero-order valence-corrected chi connectivity index (χ0v) is 18.1. The Morgan fingerprint density at radius 1 is 1.09 bits per heavy atom. The fourth-order valence-electron chi connectivity index (χ4n) is 3.30. The zero-order valence-electron chi connectivity index (χ0n) is 18.1. The fraction of sp³-hybridized carbons (Fsp3) is 0.167. The molecule has 0 radical (unpaired) electrons. The van der Waals surface area contributed by atoms with Gasteiger partial charge >= 0.3 is 6.09 Å². The summed E-state index contributed by atoms with van der Waals surface area (Å²) in [5.41, 5.74) is 3.15. The second-order valence-electron chi connectivity index (χ2n) is 7.12. The number of cyclic esters (lactones) is 1. The van der Waals surface area contributed by atoms with E-state index in [1.807, 2.05) is 12.1 Å². The summed E-state index contributed by atoms with van der Waals surface area (Å²) >= 11 is 0. The number of aromatic nitrogens is 1. The number of hydrazone groups is 1. The number of methoxy groups -OCH3 is 2. The van der Waals surface area contributed by atoms with E-state index in [2.05, 4.69) is 15.4 Å². The van der Waals surface area contributed by atoms with Crippen molar-refractivity contribution in [2.75, 3.05) is 26.1 Å². The number of nitrogens with zero attached hydrogens (tertiary/aromatic N) is 3. The Morgan fingerprint density at radius 2 is 1.94 bits per heavy atom. The third-order valence-electron chi connectivity index (χ3n) is 4.94. The second kappa shape index (κ2) is 9.82. The van der Waals surface area contributed by atoms with Gasteiger partial charge in [0.15, 0.2) is 11.5 Å². The van der Waals surface area contributed by atoms with Gasteiger partial charge in [0, 0.05) is 23.6 Å². The molecule has 0 aliphatic carbocycles. The first-order chi connectivity index (χ1) is 16.1. The number of carbonyl (C=O) groups excluding carboxylic acids is 2. The third kappa shape index (κ3) is 5.09. The number of hydrogen-bond acceptors (Lipinski definition) is 7. The zero-order chi connectivity index (χ0) is 23.2. The lowest BCUT2D eigenvalue weighted by Gasteiger charge is -2.24. The van der Waals surface area contributed by atoms with Gasteiger partial charge in [-0.25, -0.2) is 4.79 Å². The molecule has 2 amide bonds. The summed E-state index contributed by atoms with van der Waals surface area (Å²) in [6.07, 6.45) is 2.54. The van der Waals surface area contributed by atoms with Gasteiger partial charge in [-0.3, -0.25) is 9.78 Å². The molecule has 1 aromatic heterocycles. The summed E-state index contributed by atoms with van der Waals surface area (Å²) in [6, 6.07) is 15.9. The molecule has 0 unspecified atom stereocenters. The van der Waals surface area contributed by atoms with Crippen LogP contribution >= 0.6 is 0 Å². The molecular weight excluding hydrogens is 424 g/mol. The first-order valence-corrected chi connectivity index (χ1v) is 10.1. The number of rotatable bonds is 7. The normalized spacial score (nSPS) is 13.1. The fourth-order valence-corrected chi connectivity index (χ4v) is 3.30. The number of pyridine rings is 1. The van der Waals surface area contributed by atoms with Crippen LogP contribution in [0.1, 0.15) is 21.5 Å². The molecule has 3 aromatic rings. The van der Waals surface area contributed by atoms with E-state index in [1.54, 1.807) is 62.9 Å². The predicted octanol–water partition coefficient (Wildman–Crippen LogP) is 3.71. The first-order valence-electron chi connectivity index (χ1n) is 10.1. The van der Waals surface area contributed by atoms with Crippen molar-refractivity contribution in [1.82, 2.24) is 9.99 Å². The minimum atomic E-state index is -0.552. The molecule has 0 bridgehead atoms. The molecule has 168 valence electrons. The van der Waals surface area contributed by atoms with Crippen molar-refractivity contribution in [3.8, 4) is 11.5 Å². The van der Waals surface area contributed by atoms with E-state index < -0.39 is 6.09 Å². The Hall–Kier alpha value is -4.40. The molecule has 1 aliphatic heterocycles. The van der Waals surface area contributed by atoms with E-state index in [4.69, 9.17) is 14.2 Å². The van der Waals surface area contributed by atoms with E-state index in [0.29, 0.717) is 28.5 Å². The molecule has 2 heterocycles. The lowest BCUT2D eigenvalue weighted by Crippen LogP contribution is -2.35. The van der Waals surface area contributed by atoms with Gasteiger partial charge in [0.25, 0.3) is 5.91 Å². The molecule has 1 aliphatic rings. The molecule has 0 saturated carbocycles. The standard InChI is InChI=1S/C24H22N4O5/c1-31-21-9-8-17(12-22(21)32-2)20-15-33-24(30)28(27-20)14-16-5-3-7-19(11-16)26-23(29)18-6-4-10-25-13-18/h3-13H,14-15H2,1-2H3,(H,26,29). The van der Waals surface area contributed by atoms with E-state index in [-0.39, 0.29) is 19.1 Å². The monoisotopic (exact) mass is 446 g/mol. The lowest BCUT2D eigenvalue weighted by atomic mass is 10.1. The molecule has 4 rings (SSSR count). The van der Waals surface area contributed by atoms with Crippen LogP contribution in [0.4, 0.5) is 10.5 Å². The van der Waals surface area contributed by atoms with Crippen LogP contribution in [0.3, 0.4) is 0 Å². The number of hydrogen-bond donors (Lipinski definition) is 1. The van der Waals surface area contributed by atoms with Crippen molar-refractivity contribution in [2.24, 2.45) is 5.10 Å². The highest BCUT2D eigenvalue weighted by Crippen LogP contribution is 2.28. The maximum absolute atomic E-state index is 12.4. The Morgan fingerprint density at radius 3 is 2.70 bits per heavy atom. The van der Waals surface area contributed by atoms with Crippen LogP contribution in [0, 0.1) is 0 Å². The Kier molecular flexibility index (Phi) is 6.49. The van der Waals surface area contributed by atoms with Crippen molar-refractivity contribution in [3.05, 3.63) is 83.7 Å². The molecule has 2 aromatic carbocycles. The van der Waals surface area contributed by atoms with E-state index in [0.717, 1.165) is 11.1 Å². The molecule has 0 spiro atoms. The van der Waals surface area contributed by atoms with Crippen molar-refractivity contribution < 1.29 is 23.8 Å². The first kappa shape index (κ1) is 21.8. The molecule has 9 nitrogen and oxygen atoms in total. The number of carbonyl (C=O) groups is 2. The summed E-state index contributed by atoms with van der Waals surface area (Å²) in [4.78, 5) is 28.7. The van der Waals surface area contributed by atoms with Crippen molar-refractivity contribution in [3.63, 3.8) is 0 Å². The minimum absolute atomic E-state index is 0.0476. The number of benzene rings is 2. The van der Waals surface area contributed by atoms with Gasteiger partial charge < -0.3 is 19.5 Å². The van der Waals surface area contributed by atoms with Crippen molar-refractivity contribution >= 4 is 23.4 Å². The number of ether oxygens (including phenoxy) is 3. The van der Waals surface area contributed by atoms with Gasteiger partial charge in [-0.05, 0) is 48.0 Å². The SMILES string of the molecule is COc1ccc(C2=NN(Cc3cccc(NC(=O)c4cccnc4)c3)C(=O)OC2)cc1OC. The molecule has 9 heteroatoms. The number of amides is 2. The summed E-state index contributed by atoms with van der Waals surface area (Å²) in [5.74, 6) is 0.876. The molecule has 33 heavy (non-hydrogen) atoms. The van der Waals surface area contributed by atoms with Gasteiger partial charge in [0.1, 0.15) is 12.3 Å². The highest BCUT2D eigenvalue weighted by molar-refractivity contribution is 6.04. The summed E-state index contributed by atoms with van der Waals surface area (Å²) < 4.78 is 15.9. The molecule has 1 N–H and O–H groups in total. The average molecular weight is 446 g/mol. The lowest BCUT2D eigenvalue weighted by molar-refractivity contribution is 0.102. The summed E-state index contributed by atoms with van der Waals surface area (Å²) in [5, 5.41) is 8.56. The van der Waals surface area contributed by atoms with E-state index in [9.17, 15) is 9.59 Å². The van der Waals surface area contributed by atoms with Crippen LogP contribution in [0.15, 0.2) is 72.1 Å². The maximum atomic E-state index is 12.4. The molecule has 0 saturated heterocycles. The Balaban J connectivity index is 1.51. The van der Waals surface area contributed by atoms with Crippen LogP contribution in [0.5, 0.6) is 11.5 Å². The average Bonchev–Trinajstić information content (AvgIpc) is 2.85. The van der Waals surface area contributed by atoms with Gasteiger partial charge in [0.2, 0.25) is 0 Å². The largest absolute Gasteiger partial charge is 0.493 e. The highest BCUT2D eigenvalue weighted by atomic mass is 16.6. The van der Waals surface area contributed by atoms with E-state index in [1.165, 1.54) is 11.2 Å². The summed E-state index contributed by atoms with van der Waals surface area (Å²) in [7, 11) is 3.11. The maximum Gasteiger partial charge on any atom is 0.431 e. The minimum Gasteiger partial charge on any atom is -0.493 e. The number of nitrogens with one attached hydrogen (secondary N) is 1. The third-order valence-corrected chi connectivity index (χ3v) is 4.94. The van der Waals surface area contributed by atoms with Crippen LogP contribution < -0.4 is 14.8 Å². The van der Waals surface area contributed by atoms with Gasteiger partial charge in [0.05, 0.1) is 26.3 Å². The molecule has 0 atom stereocenters. The van der Waals surface area contributed by atoms with Crippen LogP contribution in [0.2, 0.25) is 0 Å². The van der Waals surface area contributed by atoms with Gasteiger partial charge in [-0.15, -0.1) is 0 Å². The Bertz CT molecular complexity index is 1200. The van der Waals surface area contributed by atoms with Gasteiger partial charge in [-0.1, -0.05) is 12.1 Å². The quantitative estimate of drug-likeness (QED) is 0.594. The van der Waals surface area contributed by atoms with Crippen LogP contribution in [0.25, 0.3) is 0 Å². The summed E-state index contributed by atoms with van der Waals surface area (Å²) in [6.45, 7) is 0.220. The Labute approximate surface area is 190 Å². The topological polar surface area (TPSA) is 102 Å². The van der Waals surface area contributed by atoms with Crippen molar-refractivity contribution in [2.45, 2.75) is 6.54 Å². The smallest absolute Gasteiger partial charge is 0.431 e. The van der Waals surface area contributed by atoms with Crippen molar-refractivity contribution in [1.29, 1.82) is 0 Å². The second-order valence-corrected chi connectivity index (χ2v) is 7.12.